The van der Waals surface area contributed by atoms with Crippen molar-refractivity contribution in [2.75, 3.05) is 18.4 Å². The number of carbonyl (C=O) groups is 1. The van der Waals surface area contributed by atoms with Gasteiger partial charge >= 0.3 is 0 Å². The van der Waals surface area contributed by atoms with Crippen molar-refractivity contribution in [1.29, 1.82) is 0 Å². The standard InChI is InChI=1S/C27H24Cl2N4O2S/c28-19-12-13-21(22(29)15-19)26-31-25(35-32-26)17-33-14-6-7-18(16-33)27(34)30-23-10-4-5-11-24(23)36-20-8-2-1-3-9-20/h1-5,8-13,15,18H,6-7,14,16-17H2,(H,30,34). The number of likely N-dealkylation sites (tertiary alicyclic amines) is 1. The molecule has 0 aliphatic carbocycles. The highest BCUT2D eigenvalue weighted by molar-refractivity contribution is 7.99. The molecule has 1 fully saturated rings. The van der Waals surface area contributed by atoms with E-state index in [4.69, 9.17) is 27.7 Å². The Bertz CT molecular complexity index is 1350. The molecule has 9 heteroatoms. The summed E-state index contributed by atoms with van der Waals surface area (Å²) in [6.45, 7) is 1.96. The van der Waals surface area contributed by atoms with Gasteiger partial charge in [0, 0.05) is 26.9 Å². The molecule has 1 atom stereocenters. The molecule has 0 radical (unpaired) electrons. The van der Waals surface area contributed by atoms with E-state index < -0.39 is 0 Å². The minimum absolute atomic E-state index is 0.0278. The first-order chi connectivity index (χ1) is 17.5. The SMILES string of the molecule is O=C(Nc1ccccc1Sc1ccccc1)C1CCCN(Cc2nc(-c3ccc(Cl)cc3Cl)no2)C1. The Morgan fingerprint density at radius 1 is 1.08 bits per heavy atom. The van der Waals surface area contributed by atoms with Crippen molar-refractivity contribution in [3.63, 3.8) is 0 Å². The third kappa shape index (κ3) is 6.10. The van der Waals surface area contributed by atoms with Gasteiger partial charge in [0.15, 0.2) is 0 Å². The average Bonchev–Trinajstić information content (AvgIpc) is 3.34. The summed E-state index contributed by atoms with van der Waals surface area (Å²) in [5.41, 5.74) is 1.49. The van der Waals surface area contributed by atoms with Crippen molar-refractivity contribution >= 4 is 46.6 Å². The van der Waals surface area contributed by atoms with E-state index in [1.807, 2.05) is 42.5 Å². The first-order valence-corrected chi connectivity index (χ1v) is 13.3. The number of hydrogen-bond donors (Lipinski definition) is 1. The second kappa shape index (κ2) is 11.5. The zero-order chi connectivity index (χ0) is 24.9. The van der Waals surface area contributed by atoms with Crippen LogP contribution in [0.1, 0.15) is 18.7 Å². The first kappa shape index (κ1) is 24.8. The number of nitrogens with zero attached hydrogens (tertiary/aromatic N) is 3. The molecule has 0 bridgehead atoms. The Balaban J connectivity index is 1.22. The number of halogens is 2. The predicted molar refractivity (Wildman–Crippen MR) is 143 cm³/mol. The molecule has 184 valence electrons. The van der Waals surface area contributed by atoms with Gasteiger partial charge < -0.3 is 9.84 Å². The van der Waals surface area contributed by atoms with Crippen LogP contribution in [-0.2, 0) is 11.3 Å². The maximum absolute atomic E-state index is 13.2. The normalized spacial score (nSPS) is 16.1. The quantitative estimate of drug-likeness (QED) is 0.272. The molecule has 0 spiro atoms. The molecule has 1 aliphatic heterocycles. The van der Waals surface area contributed by atoms with Crippen molar-refractivity contribution in [1.82, 2.24) is 15.0 Å². The molecule has 3 aromatic carbocycles. The number of aromatic nitrogens is 2. The number of nitrogens with one attached hydrogen (secondary N) is 1. The lowest BCUT2D eigenvalue weighted by atomic mass is 9.97. The molecule has 1 amide bonds. The fraction of sp³-hybridized carbons (Fsp3) is 0.222. The summed E-state index contributed by atoms with van der Waals surface area (Å²) in [6.07, 6.45) is 1.76. The second-order valence-corrected chi connectivity index (χ2v) is 10.6. The summed E-state index contributed by atoms with van der Waals surface area (Å²) in [6, 6.07) is 23.2. The summed E-state index contributed by atoms with van der Waals surface area (Å²) >= 11 is 13.9. The molecule has 2 heterocycles. The van der Waals surface area contributed by atoms with Crippen molar-refractivity contribution in [2.24, 2.45) is 5.92 Å². The monoisotopic (exact) mass is 538 g/mol. The zero-order valence-corrected chi connectivity index (χ0v) is 21.7. The molecule has 4 aromatic rings. The van der Waals surface area contributed by atoms with E-state index in [-0.39, 0.29) is 11.8 Å². The van der Waals surface area contributed by atoms with Gasteiger partial charge in [-0.1, -0.05) is 70.5 Å². The molecular formula is C27H24Cl2N4O2S. The van der Waals surface area contributed by atoms with Crippen LogP contribution in [-0.4, -0.2) is 34.0 Å². The molecule has 1 aliphatic rings. The first-order valence-electron chi connectivity index (χ1n) is 11.7. The average molecular weight is 539 g/mol. The minimum atomic E-state index is -0.123. The van der Waals surface area contributed by atoms with E-state index in [2.05, 4.69) is 32.5 Å². The van der Waals surface area contributed by atoms with Crippen LogP contribution in [0.5, 0.6) is 0 Å². The fourth-order valence-corrected chi connectivity index (χ4v) is 5.63. The van der Waals surface area contributed by atoms with Crippen molar-refractivity contribution < 1.29 is 9.32 Å². The fourth-order valence-electron chi connectivity index (χ4n) is 4.21. The van der Waals surface area contributed by atoms with Crippen LogP contribution < -0.4 is 5.32 Å². The Kier molecular flexibility index (Phi) is 7.92. The Labute approximate surface area is 224 Å². The molecule has 0 saturated carbocycles. The van der Waals surface area contributed by atoms with Gasteiger partial charge in [0.05, 0.1) is 23.2 Å². The highest BCUT2D eigenvalue weighted by Gasteiger charge is 2.27. The van der Waals surface area contributed by atoms with Crippen molar-refractivity contribution in [2.45, 2.75) is 29.2 Å². The van der Waals surface area contributed by atoms with E-state index in [1.54, 1.807) is 30.0 Å². The van der Waals surface area contributed by atoms with Gasteiger partial charge in [-0.15, -0.1) is 0 Å². The summed E-state index contributed by atoms with van der Waals surface area (Å²) in [7, 11) is 0. The number of piperidine rings is 1. The zero-order valence-electron chi connectivity index (χ0n) is 19.4. The third-order valence-corrected chi connectivity index (χ3v) is 7.62. The van der Waals surface area contributed by atoms with Crippen LogP contribution in [0.2, 0.25) is 10.0 Å². The molecule has 6 nitrogen and oxygen atoms in total. The van der Waals surface area contributed by atoms with Crippen molar-refractivity contribution in [3.8, 4) is 11.4 Å². The van der Waals surface area contributed by atoms with E-state index in [0.717, 1.165) is 34.9 Å². The van der Waals surface area contributed by atoms with E-state index in [1.165, 1.54) is 0 Å². The summed E-state index contributed by atoms with van der Waals surface area (Å²) in [5, 5.41) is 8.25. The van der Waals surface area contributed by atoms with Crippen LogP contribution in [0.4, 0.5) is 5.69 Å². The van der Waals surface area contributed by atoms with Gasteiger partial charge in [-0.05, 0) is 61.9 Å². The molecule has 5 rings (SSSR count). The van der Waals surface area contributed by atoms with Gasteiger partial charge in [0.1, 0.15) is 0 Å². The number of carbonyl (C=O) groups excluding carboxylic acids is 1. The number of anilines is 1. The van der Waals surface area contributed by atoms with E-state index >= 15 is 0 Å². The van der Waals surface area contributed by atoms with Crippen LogP contribution >= 0.6 is 35.0 Å². The molecule has 1 saturated heterocycles. The lowest BCUT2D eigenvalue weighted by molar-refractivity contribution is -0.121. The van der Waals surface area contributed by atoms with Gasteiger partial charge in [-0.25, -0.2) is 0 Å². The highest BCUT2D eigenvalue weighted by Crippen LogP contribution is 2.34. The van der Waals surface area contributed by atoms with Crippen LogP contribution in [0.25, 0.3) is 11.4 Å². The van der Waals surface area contributed by atoms with Crippen LogP contribution in [0.15, 0.2) is 87.1 Å². The topological polar surface area (TPSA) is 71.3 Å². The molecular weight excluding hydrogens is 515 g/mol. The number of hydrogen-bond acceptors (Lipinski definition) is 6. The maximum Gasteiger partial charge on any atom is 0.241 e. The van der Waals surface area contributed by atoms with Crippen molar-refractivity contribution in [3.05, 3.63) is 88.7 Å². The summed E-state index contributed by atoms with van der Waals surface area (Å²) in [4.78, 5) is 22.0. The van der Waals surface area contributed by atoms with Crippen LogP contribution in [0, 0.1) is 5.92 Å². The maximum atomic E-state index is 13.2. The number of benzene rings is 3. The number of amides is 1. The molecule has 1 N–H and O–H groups in total. The summed E-state index contributed by atoms with van der Waals surface area (Å²) in [5.74, 6) is 0.814. The summed E-state index contributed by atoms with van der Waals surface area (Å²) < 4.78 is 5.47. The van der Waals surface area contributed by atoms with Crippen LogP contribution in [0.3, 0.4) is 0 Å². The lowest BCUT2D eigenvalue weighted by Crippen LogP contribution is -2.40. The van der Waals surface area contributed by atoms with E-state index in [0.29, 0.717) is 40.4 Å². The van der Waals surface area contributed by atoms with E-state index in [9.17, 15) is 4.79 Å². The molecule has 36 heavy (non-hydrogen) atoms. The minimum Gasteiger partial charge on any atom is -0.338 e. The predicted octanol–water partition coefficient (Wildman–Crippen LogP) is 7.05. The van der Waals surface area contributed by atoms with Gasteiger partial charge in [-0.3, -0.25) is 9.69 Å². The largest absolute Gasteiger partial charge is 0.338 e. The second-order valence-electron chi connectivity index (χ2n) is 8.61. The number of rotatable bonds is 7. The molecule has 1 aromatic heterocycles. The van der Waals surface area contributed by atoms with Gasteiger partial charge in [0.2, 0.25) is 17.6 Å². The van der Waals surface area contributed by atoms with Gasteiger partial charge in [0.25, 0.3) is 0 Å². The molecule has 1 unspecified atom stereocenters. The Hall–Kier alpha value is -2.84. The third-order valence-electron chi connectivity index (χ3n) is 5.99. The Morgan fingerprint density at radius 3 is 2.72 bits per heavy atom. The van der Waals surface area contributed by atoms with Gasteiger partial charge in [-0.2, -0.15) is 4.98 Å². The smallest absolute Gasteiger partial charge is 0.241 e. The Morgan fingerprint density at radius 2 is 1.89 bits per heavy atom. The highest BCUT2D eigenvalue weighted by atomic mass is 35.5. The lowest BCUT2D eigenvalue weighted by Gasteiger charge is -2.31. The number of para-hydroxylation sites is 1.